The fourth-order valence-corrected chi connectivity index (χ4v) is 2.27. The van der Waals surface area contributed by atoms with Crippen molar-refractivity contribution in [3.05, 3.63) is 71.5 Å². The second-order valence-electron chi connectivity index (χ2n) is 5.09. The Labute approximate surface area is 128 Å². The van der Waals surface area contributed by atoms with Crippen LogP contribution in [0.2, 0.25) is 0 Å². The number of methoxy groups -OCH3 is 1. The highest BCUT2D eigenvalue weighted by molar-refractivity contribution is 6.06. The number of rotatable bonds is 4. The van der Waals surface area contributed by atoms with Gasteiger partial charge in [0.25, 0.3) is 0 Å². The number of carbonyl (C=O) groups is 1. The second-order valence-corrected chi connectivity index (χ2v) is 5.09. The quantitative estimate of drug-likeness (QED) is 0.519. The van der Waals surface area contributed by atoms with Crippen molar-refractivity contribution in [3.63, 3.8) is 0 Å². The lowest BCUT2D eigenvalue weighted by Crippen LogP contribution is -1.93. The molecule has 1 aromatic heterocycles. The van der Waals surface area contributed by atoms with Crippen molar-refractivity contribution in [3.8, 4) is 5.75 Å². The number of hydrogen-bond acceptors (Lipinski definition) is 3. The summed E-state index contributed by atoms with van der Waals surface area (Å²) < 4.78 is 11.0. The summed E-state index contributed by atoms with van der Waals surface area (Å²) in [6, 6.07) is 15.1. The zero-order valence-electron chi connectivity index (χ0n) is 12.5. The number of para-hydroxylation sites is 1. The van der Waals surface area contributed by atoms with E-state index >= 15 is 0 Å². The topological polar surface area (TPSA) is 39.4 Å². The van der Waals surface area contributed by atoms with E-state index in [0.717, 1.165) is 10.9 Å². The zero-order chi connectivity index (χ0) is 15.5. The number of ketones is 1. The van der Waals surface area contributed by atoms with E-state index in [1.165, 1.54) is 6.08 Å². The Balaban J connectivity index is 1.86. The molecule has 0 fully saturated rings. The standard InChI is InChI=1S/C19H16O3/c1-13-6-8-14(9-7-13)17(20)11-10-16-12-15-4-3-5-18(21-2)19(15)22-16/h3-12H,1-2H3/b11-10+. The highest BCUT2D eigenvalue weighted by Crippen LogP contribution is 2.28. The summed E-state index contributed by atoms with van der Waals surface area (Å²) in [5.74, 6) is 1.26. The van der Waals surface area contributed by atoms with Crippen LogP contribution in [0.25, 0.3) is 17.0 Å². The van der Waals surface area contributed by atoms with E-state index in [9.17, 15) is 4.79 Å². The van der Waals surface area contributed by atoms with Crippen molar-refractivity contribution < 1.29 is 13.9 Å². The molecule has 3 heteroatoms. The van der Waals surface area contributed by atoms with Gasteiger partial charge >= 0.3 is 0 Å². The number of fused-ring (bicyclic) bond motifs is 1. The minimum absolute atomic E-state index is 0.0487. The highest BCUT2D eigenvalue weighted by Gasteiger charge is 2.07. The Kier molecular flexibility index (Phi) is 3.79. The van der Waals surface area contributed by atoms with Crippen molar-refractivity contribution >= 4 is 22.8 Å². The van der Waals surface area contributed by atoms with Crippen LogP contribution in [0.1, 0.15) is 21.7 Å². The highest BCUT2D eigenvalue weighted by atomic mass is 16.5. The lowest BCUT2D eigenvalue weighted by atomic mass is 10.1. The molecule has 3 aromatic rings. The third-order valence-electron chi connectivity index (χ3n) is 3.48. The third kappa shape index (κ3) is 2.79. The molecule has 1 heterocycles. The Hall–Kier alpha value is -2.81. The van der Waals surface area contributed by atoms with Gasteiger partial charge in [-0.3, -0.25) is 4.79 Å². The lowest BCUT2D eigenvalue weighted by Gasteiger charge is -1.98. The third-order valence-corrected chi connectivity index (χ3v) is 3.48. The molecule has 0 amide bonds. The monoisotopic (exact) mass is 292 g/mol. The summed E-state index contributed by atoms with van der Waals surface area (Å²) in [7, 11) is 1.60. The summed E-state index contributed by atoms with van der Waals surface area (Å²) in [4.78, 5) is 12.1. The number of ether oxygens (including phenoxy) is 1. The predicted molar refractivity (Wildman–Crippen MR) is 87.3 cm³/mol. The molecule has 0 radical (unpaired) electrons. The van der Waals surface area contributed by atoms with Crippen molar-refractivity contribution in [1.29, 1.82) is 0 Å². The molecule has 0 saturated heterocycles. The molecule has 3 nitrogen and oxygen atoms in total. The predicted octanol–water partition coefficient (Wildman–Crippen LogP) is 4.65. The van der Waals surface area contributed by atoms with Gasteiger partial charge < -0.3 is 9.15 Å². The van der Waals surface area contributed by atoms with E-state index in [4.69, 9.17) is 9.15 Å². The van der Waals surface area contributed by atoms with E-state index in [-0.39, 0.29) is 5.78 Å². The van der Waals surface area contributed by atoms with Gasteiger partial charge in [0.1, 0.15) is 5.76 Å². The van der Waals surface area contributed by atoms with E-state index in [2.05, 4.69) is 0 Å². The molecule has 0 spiro atoms. The van der Waals surface area contributed by atoms with Gasteiger partial charge in [0.2, 0.25) is 0 Å². The molecule has 2 aromatic carbocycles. The maximum absolute atomic E-state index is 12.1. The van der Waals surface area contributed by atoms with Gasteiger partial charge in [0, 0.05) is 10.9 Å². The van der Waals surface area contributed by atoms with Crippen LogP contribution in [0.4, 0.5) is 0 Å². The Bertz CT molecular complexity index is 839. The maximum Gasteiger partial charge on any atom is 0.185 e. The van der Waals surface area contributed by atoms with Gasteiger partial charge in [-0.25, -0.2) is 0 Å². The molecule has 3 rings (SSSR count). The number of hydrogen-bond donors (Lipinski definition) is 0. The first-order chi connectivity index (χ1) is 10.7. The molecule has 0 aliphatic heterocycles. The van der Waals surface area contributed by atoms with Crippen LogP contribution in [0.15, 0.2) is 59.0 Å². The molecule has 0 saturated carbocycles. The Morgan fingerprint density at radius 3 is 2.64 bits per heavy atom. The van der Waals surface area contributed by atoms with Crippen molar-refractivity contribution in [1.82, 2.24) is 0 Å². The van der Waals surface area contributed by atoms with Crippen LogP contribution in [0, 0.1) is 6.92 Å². The maximum atomic E-state index is 12.1. The van der Waals surface area contributed by atoms with Crippen LogP contribution in [0.5, 0.6) is 5.75 Å². The van der Waals surface area contributed by atoms with Crippen molar-refractivity contribution in [2.24, 2.45) is 0 Å². The fourth-order valence-electron chi connectivity index (χ4n) is 2.27. The smallest absolute Gasteiger partial charge is 0.185 e. The largest absolute Gasteiger partial charge is 0.493 e. The van der Waals surface area contributed by atoms with Gasteiger partial charge in [-0.15, -0.1) is 0 Å². The Morgan fingerprint density at radius 2 is 1.91 bits per heavy atom. The van der Waals surface area contributed by atoms with E-state index in [0.29, 0.717) is 22.7 Å². The number of furan rings is 1. The first kappa shape index (κ1) is 14.1. The van der Waals surface area contributed by atoms with E-state index in [1.54, 1.807) is 13.2 Å². The fraction of sp³-hybridized carbons (Fsp3) is 0.105. The first-order valence-electron chi connectivity index (χ1n) is 7.03. The van der Waals surface area contributed by atoms with Crippen LogP contribution >= 0.6 is 0 Å². The molecule has 0 N–H and O–H groups in total. The molecular weight excluding hydrogens is 276 g/mol. The van der Waals surface area contributed by atoms with Crippen molar-refractivity contribution in [2.45, 2.75) is 6.92 Å². The average molecular weight is 292 g/mol. The number of allylic oxidation sites excluding steroid dienone is 1. The number of benzene rings is 2. The zero-order valence-corrected chi connectivity index (χ0v) is 12.5. The summed E-state index contributed by atoms with van der Waals surface area (Å²) in [5.41, 5.74) is 2.48. The van der Waals surface area contributed by atoms with Crippen molar-refractivity contribution in [2.75, 3.05) is 7.11 Å². The summed E-state index contributed by atoms with van der Waals surface area (Å²) in [6.07, 6.45) is 3.20. The minimum atomic E-state index is -0.0487. The second kappa shape index (κ2) is 5.90. The number of carbonyl (C=O) groups excluding carboxylic acids is 1. The molecule has 0 atom stereocenters. The molecule has 0 unspecified atom stereocenters. The molecule has 22 heavy (non-hydrogen) atoms. The van der Waals surface area contributed by atoms with Gasteiger partial charge in [-0.05, 0) is 31.2 Å². The lowest BCUT2D eigenvalue weighted by molar-refractivity contribution is 0.104. The van der Waals surface area contributed by atoms with E-state index < -0.39 is 0 Å². The average Bonchev–Trinajstić information content (AvgIpc) is 2.96. The van der Waals surface area contributed by atoms with E-state index in [1.807, 2.05) is 55.5 Å². The van der Waals surface area contributed by atoms with Crippen LogP contribution < -0.4 is 4.74 Å². The first-order valence-corrected chi connectivity index (χ1v) is 7.03. The molecule has 0 aliphatic carbocycles. The van der Waals surface area contributed by atoms with Crippen LogP contribution in [-0.4, -0.2) is 12.9 Å². The molecular formula is C19H16O3. The molecule has 0 bridgehead atoms. The normalized spacial score (nSPS) is 11.2. The van der Waals surface area contributed by atoms with Gasteiger partial charge in [0.05, 0.1) is 7.11 Å². The Morgan fingerprint density at radius 1 is 1.14 bits per heavy atom. The molecule has 110 valence electrons. The van der Waals surface area contributed by atoms with Crippen LogP contribution in [-0.2, 0) is 0 Å². The van der Waals surface area contributed by atoms with Gasteiger partial charge in [-0.2, -0.15) is 0 Å². The summed E-state index contributed by atoms with van der Waals surface area (Å²) in [5, 5.41) is 0.946. The number of aryl methyl sites for hydroxylation is 1. The van der Waals surface area contributed by atoms with Gasteiger partial charge in [0.15, 0.2) is 17.1 Å². The SMILES string of the molecule is COc1cccc2cc(/C=C/C(=O)c3ccc(C)cc3)oc12. The summed E-state index contributed by atoms with van der Waals surface area (Å²) >= 11 is 0. The van der Waals surface area contributed by atoms with Gasteiger partial charge in [-0.1, -0.05) is 42.0 Å². The summed E-state index contributed by atoms with van der Waals surface area (Å²) in [6.45, 7) is 1.99. The molecule has 0 aliphatic rings. The minimum Gasteiger partial charge on any atom is -0.493 e. The van der Waals surface area contributed by atoms with Crippen LogP contribution in [0.3, 0.4) is 0 Å².